The summed E-state index contributed by atoms with van der Waals surface area (Å²) in [4.78, 5) is 21.9. The molecule has 3 aromatic rings. The number of methoxy groups -OCH3 is 2. The number of hydrogen-bond donors (Lipinski definition) is 2. The van der Waals surface area contributed by atoms with Gasteiger partial charge in [0.1, 0.15) is 22.2 Å². The predicted octanol–water partition coefficient (Wildman–Crippen LogP) is 4.17. The van der Waals surface area contributed by atoms with Gasteiger partial charge in [0.2, 0.25) is 0 Å². The van der Waals surface area contributed by atoms with E-state index in [-0.39, 0.29) is 5.91 Å². The molecule has 1 amide bonds. The maximum absolute atomic E-state index is 12.7. The number of ether oxygens (including phenoxy) is 2. The molecule has 1 aromatic carbocycles. The largest absolute Gasteiger partial charge is 0.497 e. The summed E-state index contributed by atoms with van der Waals surface area (Å²) in [5, 5.41) is 6.60. The topological polar surface area (TPSA) is 85.4 Å². The highest BCUT2D eigenvalue weighted by Gasteiger charge is 2.18. The van der Waals surface area contributed by atoms with Crippen molar-refractivity contribution in [3.63, 3.8) is 0 Å². The minimum absolute atomic E-state index is 0.262. The third-order valence-electron chi connectivity index (χ3n) is 3.81. The summed E-state index contributed by atoms with van der Waals surface area (Å²) in [6, 6.07) is 9.05. The molecule has 0 atom stereocenters. The van der Waals surface area contributed by atoms with Crippen LogP contribution in [0.15, 0.2) is 36.5 Å². The second-order valence-corrected chi connectivity index (χ2v) is 6.80. The van der Waals surface area contributed by atoms with Gasteiger partial charge in [-0.25, -0.2) is 9.97 Å². The van der Waals surface area contributed by atoms with Crippen molar-refractivity contribution in [1.29, 1.82) is 0 Å². The van der Waals surface area contributed by atoms with Crippen LogP contribution in [0.25, 0.3) is 0 Å². The fourth-order valence-corrected chi connectivity index (χ4v) is 3.33. The number of nitrogens with one attached hydrogen (secondary N) is 2. The van der Waals surface area contributed by atoms with Crippen LogP contribution in [0.5, 0.6) is 11.5 Å². The molecule has 8 heteroatoms. The number of thiazole rings is 1. The quantitative estimate of drug-likeness (QED) is 0.663. The molecule has 7 nitrogen and oxygen atoms in total. The summed E-state index contributed by atoms with van der Waals surface area (Å²) in [7, 11) is 3.12. The zero-order valence-corrected chi connectivity index (χ0v) is 16.3. The van der Waals surface area contributed by atoms with E-state index >= 15 is 0 Å². The van der Waals surface area contributed by atoms with Crippen molar-refractivity contribution in [2.24, 2.45) is 0 Å². The Morgan fingerprint density at radius 1 is 1.11 bits per heavy atom. The molecule has 27 heavy (non-hydrogen) atoms. The molecular formula is C19H20N4O3S. The molecule has 0 aliphatic carbocycles. The first kappa shape index (κ1) is 18.7. The second-order valence-electron chi connectivity index (χ2n) is 5.80. The normalized spacial score (nSPS) is 10.4. The van der Waals surface area contributed by atoms with Crippen LogP contribution in [0.4, 0.5) is 16.6 Å². The van der Waals surface area contributed by atoms with Crippen LogP contribution in [0.2, 0.25) is 0 Å². The molecule has 140 valence electrons. The number of aryl methyl sites for hydroxylation is 2. The average molecular weight is 384 g/mol. The number of benzene rings is 1. The van der Waals surface area contributed by atoms with Crippen molar-refractivity contribution >= 4 is 33.9 Å². The Hall–Kier alpha value is -3.13. The Bertz CT molecular complexity index is 971. The molecule has 0 aliphatic rings. The lowest BCUT2D eigenvalue weighted by Crippen LogP contribution is -2.12. The zero-order valence-electron chi connectivity index (χ0n) is 15.5. The van der Waals surface area contributed by atoms with Crippen molar-refractivity contribution in [3.8, 4) is 11.5 Å². The van der Waals surface area contributed by atoms with Crippen LogP contribution < -0.4 is 20.1 Å². The predicted molar refractivity (Wildman–Crippen MR) is 107 cm³/mol. The van der Waals surface area contributed by atoms with Gasteiger partial charge in [0.25, 0.3) is 5.91 Å². The monoisotopic (exact) mass is 384 g/mol. The number of anilines is 3. The first-order valence-corrected chi connectivity index (χ1v) is 9.02. The van der Waals surface area contributed by atoms with E-state index in [2.05, 4.69) is 20.6 Å². The fraction of sp³-hybridized carbons (Fsp3) is 0.211. The van der Waals surface area contributed by atoms with E-state index in [4.69, 9.17) is 9.47 Å². The molecular weight excluding hydrogens is 364 g/mol. The number of amides is 1. The molecule has 0 saturated carbocycles. The molecule has 0 saturated heterocycles. The first-order chi connectivity index (χ1) is 13.0. The van der Waals surface area contributed by atoms with Gasteiger partial charge in [-0.15, -0.1) is 0 Å². The maximum Gasteiger partial charge on any atom is 0.267 e. The molecule has 0 aliphatic heterocycles. The Morgan fingerprint density at radius 3 is 2.63 bits per heavy atom. The number of pyridine rings is 1. The highest BCUT2D eigenvalue weighted by atomic mass is 32.1. The van der Waals surface area contributed by atoms with Gasteiger partial charge in [0, 0.05) is 12.3 Å². The molecule has 2 N–H and O–H groups in total. The lowest BCUT2D eigenvalue weighted by atomic mass is 10.2. The fourth-order valence-electron chi connectivity index (χ4n) is 2.47. The van der Waals surface area contributed by atoms with Gasteiger partial charge in [-0.1, -0.05) is 11.3 Å². The minimum Gasteiger partial charge on any atom is -0.497 e. The SMILES string of the molecule is COc1ccc(OC)c(NC(=O)c2sc(Nc3cc(C)ccn3)nc2C)c1. The zero-order chi connectivity index (χ0) is 19.4. The molecule has 0 spiro atoms. The van der Waals surface area contributed by atoms with Crippen molar-refractivity contribution in [3.05, 3.63) is 52.7 Å². The number of carbonyl (C=O) groups excluding carboxylic acids is 1. The van der Waals surface area contributed by atoms with E-state index < -0.39 is 0 Å². The minimum atomic E-state index is -0.262. The van der Waals surface area contributed by atoms with Crippen LogP contribution >= 0.6 is 11.3 Å². The summed E-state index contributed by atoms with van der Waals surface area (Å²) in [5.74, 6) is 1.60. The summed E-state index contributed by atoms with van der Waals surface area (Å²) >= 11 is 1.26. The van der Waals surface area contributed by atoms with Crippen molar-refractivity contribution in [2.45, 2.75) is 13.8 Å². The Morgan fingerprint density at radius 2 is 1.93 bits per heavy atom. The van der Waals surface area contributed by atoms with Crippen LogP contribution in [0.1, 0.15) is 20.9 Å². The van der Waals surface area contributed by atoms with Crippen LogP contribution in [-0.4, -0.2) is 30.1 Å². The van der Waals surface area contributed by atoms with E-state index in [0.717, 1.165) is 5.56 Å². The van der Waals surface area contributed by atoms with Gasteiger partial charge in [-0.05, 0) is 43.7 Å². The van der Waals surface area contributed by atoms with Crippen molar-refractivity contribution in [1.82, 2.24) is 9.97 Å². The lowest BCUT2D eigenvalue weighted by Gasteiger charge is -2.11. The number of carbonyl (C=O) groups is 1. The Labute approximate surface area is 161 Å². The average Bonchev–Trinajstić information content (AvgIpc) is 3.01. The van der Waals surface area contributed by atoms with Gasteiger partial charge in [0.05, 0.1) is 25.6 Å². The van der Waals surface area contributed by atoms with Gasteiger partial charge >= 0.3 is 0 Å². The highest BCUT2D eigenvalue weighted by molar-refractivity contribution is 7.17. The number of rotatable bonds is 6. The Balaban J connectivity index is 1.81. The number of hydrogen-bond acceptors (Lipinski definition) is 7. The molecule has 2 heterocycles. The van der Waals surface area contributed by atoms with Crippen molar-refractivity contribution in [2.75, 3.05) is 24.9 Å². The summed E-state index contributed by atoms with van der Waals surface area (Å²) in [5.41, 5.74) is 2.25. The summed E-state index contributed by atoms with van der Waals surface area (Å²) in [6.45, 7) is 3.78. The molecule has 0 bridgehead atoms. The summed E-state index contributed by atoms with van der Waals surface area (Å²) in [6.07, 6.45) is 1.72. The molecule has 2 aromatic heterocycles. The van der Waals surface area contributed by atoms with Gasteiger partial charge in [-0.3, -0.25) is 4.79 Å². The number of nitrogens with zero attached hydrogens (tertiary/aromatic N) is 2. The van der Waals surface area contributed by atoms with E-state index in [1.807, 2.05) is 19.1 Å². The molecule has 0 unspecified atom stereocenters. The Kier molecular flexibility index (Phi) is 5.56. The van der Waals surface area contributed by atoms with Gasteiger partial charge < -0.3 is 20.1 Å². The van der Waals surface area contributed by atoms with Crippen molar-refractivity contribution < 1.29 is 14.3 Å². The second kappa shape index (κ2) is 8.05. The van der Waals surface area contributed by atoms with E-state index in [1.54, 1.807) is 45.5 Å². The third-order valence-corrected chi connectivity index (χ3v) is 4.88. The van der Waals surface area contributed by atoms with Crippen LogP contribution in [0.3, 0.4) is 0 Å². The van der Waals surface area contributed by atoms with Gasteiger partial charge in [-0.2, -0.15) is 0 Å². The highest BCUT2D eigenvalue weighted by Crippen LogP contribution is 2.31. The molecule has 0 radical (unpaired) electrons. The number of aromatic nitrogens is 2. The standard InChI is InChI=1S/C19H20N4O3S/c1-11-7-8-20-16(9-11)23-19-21-12(2)17(27-19)18(24)22-14-10-13(25-3)5-6-15(14)26-4/h5-10H,1-4H3,(H,22,24)(H,20,21,23). The van der Waals surface area contributed by atoms with Gasteiger partial charge in [0.15, 0.2) is 5.13 Å². The van der Waals surface area contributed by atoms with Crippen LogP contribution in [0, 0.1) is 13.8 Å². The molecule has 0 fully saturated rings. The third kappa shape index (κ3) is 4.35. The molecule has 3 rings (SSSR count). The van der Waals surface area contributed by atoms with E-state index in [1.165, 1.54) is 11.3 Å². The first-order valence-electron chi connectivity index (χ1n) is 8.20. The smallest absolute Gasteiger partial charge is 0.267 e. The lowest BCUT2D eigenvalue weighted by molar-refractivity contribution is 0.102. The van der Waals surface area contributed by atoms with Crippen LogP contribution in [-0.2, 0) is 0 Å². The maximum atomic E-state index is 12.7. The van der Waals surface area contributed by atoms with E-state index in [0.29, 0.717) is 38.7 Å². The summed E-state index contributed by atoms with van der Waals surface area (Å²) < 4.78 is 10.5. The van der Waals surface area contributed by atoms with E-state index in [9.17, 15) is 4.79 Å².